The van der Waals surface area contributed by atoms with Gasteiger partial charge < -0.3 is 20.5 Å². The number of nitrogen functional groups attached to an aromatic ring is 1. The molecule has 1 aliphatic rings. The summed E-state index contributed by atoms with van der Waals surface area (Å²) in [5, 5.41) is 8.64. The lowest BCUT2D eigenvalue weighted by Gasteiger charge is -2.22. The van der Waals surface area contributed by atoms with Gasteiger partial charge in [-0.1, -0.05) is 6.07 Å². The van der Waals surface area contributed by atoms with Gasteiger partial charge in [0.05, 0.1) is 6.04 Å². The van der Waals surface area contributed by atoms with Crippen LogP contribution in [0.25, 0.3) is 0 Å². The van der Waals surface area contributed by atoms with Crippen LogP contribution in [0.2, 0.25) is 0 Å². The van der Waals surface area contributed by atoms with Crippen molar-refractivity contribution in [3.05, 3.63) is 29.3 Å². The third-order valence-corrected chi connectivity index (χ3v) is 3.24. The largest absolute Gasteiger partial charge is 0.481 e. The smallest absolute Gasteiger partial charge is 0.303 e. The number of aliphatic carboxylic acids is 1. The van der Waals surface area contributed by atoms with Gasteiger partial charge in [-0.25, -0.2) is 0 Å². The predicted octanol–water partition coefficient (Wildman–Crippen LogP) is -0.524. The van der Waals surface area contributed by atoms with Crippen LogP contribution in [0.5, 0.6) is 0 Å². The van der Waals surface area contributed by atoms with Crippen LogP contribution < -0.4 is 17.4 Å². The Balaban J connectivity index is 0.00000106. The van der Waals surface area contributed by atoms with Crippen molar-refractivity contribution in [1.82, 2.24) is 4.90 Å². The average molecular weight is 294 g/mol. The van der Waals surface area contributed by atoms with Crippen molar-refractivity contribution in [3.63, 3.8) is 0 Å². The number of nitrogens with zero attached hydrogens (tertiary/aromatic N) is 1. The monoisotopic (exact) mass is 294 g/mol. The summed E-state index contributed by atoms with van der Waals surface area (Å²) < 4.78 is 0. The van der Waals surface area contributed by atoms with Crippen molar-refractivity contribution in [2.75, 3.05) is 5.73 Å². The lowest BCUT2D eigenvalue weighted by Crippen LogP contribution is -2.37. The summed E-state index contributed by atoms with van der Waals surface area (Å²) in [6.45, 7) is 0.254. The van der Waals surface area contributed by atoms with Gasteiger partial charge in [-0.3, -0.25) is 21.3 Å². The molecule has 0 saturated heterocycles. The Labute approximate surface area is 121 Å². The van der Waals surface area contributed by atoms with Crippen molar-refractivity contribution >= 4 is 23.9 Å². The molecule has 1 aromatic carbocycles. The Morgan fingerprint density at radius 2 is 2.10 bits per heavy atom. The first-order valence-corrected chi connectivity index (χ1v) is 6.23. The summed E-state index contributed by atoms with van der Waals surface area (Å²) in [4.78, 5) is 35.1. The van der Waals surface area contributed by atoms with Gasteiger partial charge in [0.25, 0.3) is 5.91 Å². The molecule has 0 aliphatic carbocycles. The van der Waals surface area contributed by atoms with Crippen LogP contribution in [0.4, 0.5) is 5.69 Å². The molecule has 1 atom stereocenters. The number of carbonyl (C=O) groups excluding carboxylic acids is 2. The minimum Gasteiger partial charge on any atom is -0.481 e. The molecule has 0 fully saturated rings. The Hall–Kier alpha value is -2.45. The number of carboxylic acids is 1. The number of benzene rings is 1. The molecular formula is C13H18N4O4. The second kappa shape index (κ2) is 7.36. The van der Waals surface area contributed by atoms with Gasteiger partial charge in [-0.2, -0.15) is 0 Å². The van der Waals surface area contributed by atoms with Gasteiger partial charge in [0, 0.05) is 29.8 Å². The number of nitrogens with two attached hydrogens (primary N) is 3. The van der Waals surface area contributed by atoms with E-state index in [1.165, 1.54) is 4.90 Å². The van der Waals surface area contributed by atoms with E-state index in [0.29, 0.717) is 23.1 Å². The molecule has 1 heterocycles. The van der Waals surface area contributed by atoms with E-state index in [1.807, 2.05) is 0 Å². The number of aldehydes is 1. The van der Waals surface area contributed by atoms with Crippen molar-refractivity contribution in [2.45, 2.75) is 25.4 Å². The molecule has 0 spiro atoms. The molecule has 1 unspecified atom stereocenters. The van der Waals surface area contributed by atoms with Gasteiger partial charge in [-0.15, -0.1) is 0 Å². The topological polar surface area (TPSA) is 153 Å². The van der Waals surface area contributed by atoms with Crippen LogP contribution in [0.3, 0.4) is 0 Å². The molecule has 8 nitrogen and oxygen atoms in total. The van der Waals surface area contributed by atoms with Crippen molar-refractivity contribution in [1.29, 1.82) is 0 Å². The number of carboxylic acid groups (broad SMARTS) is 1. The van der Waals surface area contributed by atoms with E-state index in [1.54, 1.807) is 18.2 Å². The summed E-state index contributed by atoms with van der Waals surface area (Å²) >= 11 is 0. The molecule has 0 aromatic heterocycles. The Kier molecular flexibility index (Phi) is 5.82. The minimum atomic E-state index is -0.990. The zero-order chi connectivity index (χ0) is 16.0. The van der Waals surface area contributed by atoms with E-state index >= 15 is 0 Å². The van der Waals surface area contributed by atoms with Crippen LogP contribution in [-0.2, 0) is 16.1 Å². The summed E-state index contributed by atoms with van der Waals surface area (Å²) in [6, 6.07) is 4.31. The van der Waals surface area contributed by atoms with E-state index in [9.17, 15) is 14.4 Å². The third kappa shape index (κ3) is 3.56. The van der Waals surface area contributed by atoms with Crippen LogP contribution in [0, 0.1) is 0 Å². The fourth-order valence-electron chi connectivity index (χ4n) is 2.21. The number of amides is 1. The normalized spacial score (nSPS) is 14.0. The van der Waals surface area contributed by atoms with Gasteiger partial charge in [-0.05, 0) is 18.6 Å². The first-order valence-electron chi connectivity index (χ1n) is 6.23. The van der Waals surface area contributed by atoms with E-state index in [4.69, 9.17) is 10.8 Å². The third-order valence-electron chi connectivity index (χ3n) is 3.24. The standard InChI is InChI=1S/C13H14N2O4.H4N2/c14-11-3-1-2-9-10(11)6-15(13(9)19)8(7-16)4-5-12(17)18;1-2/h1-3,7-8H,4-6,14H2,(H,17,18);1-2H2. The summed E-state index contributed by atoms with van der Waals surface area (Å²) in [5.74, 6) is 6.74. The van der Waals surface area contributed by atoms with E-state index in [2.05, 4.69) is 11.7 Å². The van der Waals surface area contributed by atoms with E-state index < -0.39 is 12.0 Å². The molecule has 0 bridgehead atoms. The van der Waals surface area contributed by atoms with Crippen molar-refractivity contribution < 1.29 is 19.5 Å². The SMILES string of the molecule is NN.Nc1cccc2c1CN(C(C=O)CCC(=O)O)C2=O. The molecule has 8 heteroatoms. The fourth-order valence-corrected chi connectivity index (χ4v) is 2.21. The Morgan fingerprint density at radius 3 is 2.62 bits per heavy atom. The van der Waals surface area contributed by atoms with E-state index in [0.717, 1.165) is 0 Å². The molecule has 1 aromatic rings. The molecule has 2 rings (SSSR count). The van der Waals surface area contributed by atoms with Crippen molar-refractivity contribution in [3.8, 4) is 0 Å². The van der Waals surface area contributed by atoms with Crippen molar-refractivity contribution in [2.24, 2.45) is 11.7 Å². The second-order valence-electron chi connectivity index (χ2n) is 4.44. The highest BCUT2D eigenvalue weighted by Crippen LogP contribution is 2.29. The number of fused-ring (bicyclic) bond motifs is 1. The molecular weight excluding hydrogens is 276 g/mol. The average Bonchev–Trinajstić information content (AvgIpc) is 2.81. The Morgan fingerprint density at radius 1 is 1.43 bits per heavy atom. The van der Waals surface area contributed by atoms with Gasteiger partial charge in [0.2, 0.25) is 0 Å². The number of carbonyl (C=O) groups is 3. The first-order chi connectivity index (χ1) is 10.0. The van der Waals surface area contributed by atoms with Gasteiger partial charge >= 0.3 is 5.97 Å². The highest BCUT2D eigenvalue weighted by molar-refractivity contribution is 6.01. The zero-order valence-corrected chi connectivity index (χ0v) is 11.4. The maximum atomic E-state index is 12.2. The summed E-state index contributed by atoms with van der Waals surface area (Å²) in [6.07, 6.45) is 0.570. The molecule has 21 heavy (non-hydrogen) atoms. The van der Waals surface area contributed by atoms with Crippen LogP contribution >= 0.6 is 0 Å². The maximum Gasteiger partial charge on any atom is 0.303 e. The Bertz CT molecular complexity index is 547. The summed E-state index contributed by atoms with van der Waals surface area (Å²) in [5.41, 5.74) is 7.50. The molecule has 114 valence electrons. The predicted molar refractivity (Wildman–Crippen MR) is 75.8 cm³/mol. The highest BCUT2D eigenvalue weighted by Gasteiger charge is 2.33. The molecule has 0 radical (unpaired) electrons. The number of hydrazine groups is 1. The number of hydrogen-bond acceptors (Lipinski definition) is 6. The van der Waals surface area contributed by atoms with Crippen LogP contribution in [0.1, 0.15) is 28.8 Å². The van der Waals surface area contributed by atoms with E-state index in [-0.39, 0.29) is 25.3 Å². The van der Waals surface area contributed by atoms with Crippen LogP contribution in [0.15, 0.2) is 18.2 Å². The molecule has 7 N–H and O–H groups in total. The van der Waals surface area contributed by atoms with Crippen LogP contribution in [-0.4, -0.2) is 34.2 Å². The fraction of sp³-hybridized carbons (Fsp3) is 0.308. The molecule has 1 aliphatic heterocycles. The number of anilines is 1. The summed E-state index contributed by atoms with van der Waals surface area (Å²) in [7, 11) is 0. The van der Waals surface area contributed by atoms with Gasteiger partial charge in [0.15, 0.2) is 0 Å². The second-order valence-corrected chi connectivity index (χ2v) is 4.44. The van der Waals surface area contributed by atoms with Gasteiger partial charge in [0.1, 0.15) is 6.29 Å². The molecule has 0 saturated carbocycles. The maximum absolute atomic E-state index is 12.2. The minimum absolute atomic E-state index is 0.110. The number of rotatable bonds is 5. The zero-order valence-electron chi connectivity index (χ0n) is 11.4. The lowest BCUT2D eigenvalue weighted by molar-refractivity contribution is -0.137. The number of hydrogen-bond donors (Lipinski definition) is 4. The quantitative estimate of drug-likeness (QED) is 0.246. The lowest BCUT2D eigenvalue weighted by atomic mass is 10.1. The first kappa shape index (κ1) is 16.6. The molecule has 1 amide bonds. The highest BCUT2D eigenvalue weighted by atomic mass is 16.4.